The summed E-state index contributed by atoms with van der Waals surface area (Å²) in [5, 5.41) is 15.5. The molecule has 0 fully saturated rings. The molecule has 0 radical (unpaired) electrons. The molecule has 130 valence electrons. The molecule has 2 heterocycles. The van der Waals surface area contributed by atoms with Crippen molar-refractivity contribution in [2.45, 2.75) is 26.9 Å². The Morgan fingerprint density at radius 3 is 2.56 bits per heavy atom. The van der Waals surface area contributed by atoms with E-state index in [0.717, 1.165) is 23.5 Å². The van der Waals surface area contributed by atoms with E-state index in [1.807, 2.05) is 35.7 Å². The standard InChI is InChI=1S/C18H22N6S/c1-13-4-6-15(7-5-13)11-24-12-17(10-21-24)22-18(25)19-8-16-9-20-23(3)14(16)2/h4-7,9-10,12H,8,11H2,1-3H3,(H2,19,22,25). The third-order valence-corrected chi connectivity index (χ3v) is 4.38. The van der Waals surface area contributed by atoms with Crippen molar-refractivity contribution in [3.63, 3.8) is 0 Å². The van der Waals surface area contributed by atoms with Gasteiger partial charge in [0.25, 0.3) is 0 Å². The normalized spacial score (nSPS) is 10.7. The fourth-order valence-electron chi connectivity index (χ4n) is 2.46. The number of anilines is 1. The molecule has 0 spiro atoms. The van der Waals surface area contributed by atoms with Crippen LogP contribution in [-0.2, 0) is 20.1 Å². The summed E-state index contributed by atoms with van der Waals surface area (Å²) in [6.45, 7) is 5.50. The first-order chi connectivity index (χ1) is 12.0. The molecule has 0 saturated heterocycles. The summed E-state index contributed by atoms with van der Waals surface area (Å²) in [6, 6.07) is 8.45. The second-order valence-electron chi connectivity index (χ2n) is 6.10. The van der Waals surface area contributed by atoms with Gasteiger partial charge in [-0.05, 0) is 31.6 Å². The second kappa shape index (κ2) is 7.48. The monoisotopic (exact) mass is 354 g/mol. The molecule has 25 heavy (non-hydrogen) atoms. The van der Waals surface area contributed by atoms with Gasteiger partial charge in [-0.15, -0.1) is 0 Å². The van der Waals surface area contributed by atoms with Crippen LogP contribution in [0.4, 0.5) is 5.69 Å². The van der Waals surface area contributed by atoms with Gasteiger partial charge in [-0.2, -0.15) is 10.2 Å². The molecule has 0 aliphatic rings. The van der Waals surface area contributed by atoms with Crippen LogP contribution >= 0.6 is 12.2 Å². The summed E-state index contributed by atoms with van der Waals surface area (Å²) >= 11 is 5.35. The smallest absolute Gasteiger partial charge is 0.171 e. The number of aromatic nitrogens is 4. The van der Waals surface area contributed by atoms with E-state index in [1.54, 1.807) is 6.20 Å². The van der Waals surface area contributed by atoms with Gasteiger partial charge in [0.1, 0.15) is 0 Å². The number of thiocarbonyl (C=S) groups is 1. The van der Waals surface area contributed by atoms with E-state index in [9.17, 15) is 0 Å². The third-order valence-electron chi connectivity index (χ3n) is 4.13. The van der Waals surface area contributed by atoms with Crippen LogP contribution in [0.3, 0.4) is 0 Å². The highest BCUT2D eigenvalue weighted by Crippen LogP contribution is 2.10. The summed E-state index contributed by atoms with van der Waals surface area (Å²) in [5.41, 5.74) is 5.59. The van der Waals surface area contributed by atoms with Gasteiger partial charge in [0.2, 0.25) is 0 Å². The molecule has 0 aliphatic heterocycles. The number of benzene rings is 1. The zero-order valence-corrected chi connectivity index (χ0v) is 15.5. The topological polar surface area (TPSA) is 59.7 Å². The molecule has 0 bridgehead atoms. The van der Waals surface area contributed by atoms with Crippen molar-refractivity contribution in [2.24, 2.45) is 7.05 Å². The average molecular weight is 354 g/mol. The molecule has 3 rings (SSSR count). The lowest BCUT2D eigenvalue weighted by molar-refractivity contribution is 0.687. The van der Waals surface area contributed by atoms with Gasteiger partial charge in [0.05, 0.1) is 24.6 Å². The third kappa shape index (κ3) is 4.45. The van der Waals surface area contributed by atoms with Crippen molar-refractivity contribution >= 4 is 23.0 Å². The SMILES string of the molecule is Cc1ccc(Cn2cc(NC(=S)NCc3cnn(C)c3C)cn2)cc1. The summed E-state index contributed by atoms with van der Waals surface area (Å²) < 4.78 is 3.74. The minimum atomic E-state index is 0.568. The number of hydrogen-bond acceptors (Lipinski definition) is 3. The summed E-state index contributed by atoms with van der Waals surface area (Å²) in [7, 11) is 1.93. The highest BCUT2D eigenvalue weighted by molar-refractivity contribution is 7.80. The largest absolute Gasteiger partial charge is 0.358 e. The van der Waals surface area contributed by atoms with E-state index < -0.39 is 0 Å². The Bertz CT molecular complexity index is 862. The molecule has 2 N–H and O–H groups in total. The Morgan fingerprint density at radius 2 is 1.88 bits per heavy atom. The molecule has 0 saturated carbocycles. The molecule has 3 aromatic rings. The van der Waals surface area contributed by atoms with Crippen molar-refractivity contribution < 1.29 is 0 Å². The molecular weight excluding hydrogens is 332 g/mol. The lowest BCUT2D eigenvalue weighted by atomic mass is 10.1. The summed E-state index contributed by atoms with van der Waals surface area (Å²) in [4.78, 5) is 0. The molecule has 0 atom stereocenters. The Morgan fingerprint density at radius 1 is 1.12 bits per heavy atom. The minimum absolute atomic E-state index is 0.568. The maximum absolute atomic E-state index is 5.35. The maximum Gasteiger partial charge on any atom is 0.171 e. The van der Waals surface area contributed by atoms with Gasteiger partial charge in [-0.3, -0.25) is 9.36 Å². The first kappa shape index (κ1) is 17.2. The van der Waals surface area contributed by atoms with Gasteiger partial charge < -0.3 is 10.6 Å². The van der Waals surface area contributed by atoms with Crippen molar-refractivity contribution in [3.05, 3.63) is 65.2 Å². The molecule has 1 aromatic carbocycles. The highest BCUT2D eigenvalue weighted by Gasteiger charge is 2.06. The van der Waals surface area contributed by atoms with Crippen molar-refractivity contribution in [3.8, 4) is 0 Å². The fraction of sp³-hybridized carbons (Fsp3) is 0.278. The van der Waals surface area contributed by atoms with Crippen LogP contribution < -0.4 is 10.6 Å². The van der Waals surface area contributed by atoms with E-state index in [2.05, 4.69) is 52.0 Å². The Balaban J connectivity index is 1.53. The highest BCUT2D eigenvalue weighted by atomic mass is 32.1. The number of aryl methyl sites for hydroxylation is 2. The first-order valence-electron chi connectivity index (χ1n) is 8.11. The van der Waals surface area contributed by atoms with Crippen molar-refractivity contribution in [1.29, 1.82) is 0 Å². The molecular formula is C18H22N6S. The zero-order chi connectivity index (χ0) is 17.8. The predicted octanol–water partition coefficient (Wildman–Crippen LogP) is 2.77. The molecule has 7 heteroatoms. The summed E-state index contributed by atoms with van der Waals surface area (Å²) in [6.07, 6.45) is 5.57. The van der Waals surface area contributed by atoms with E-state index in [0.29, 0.717) is 11.7 Å². The van der Waals surface area contributed by atoms with Crippen LogP contribution in [0, 0.1) is 13.8 Å². The Hall–Kier alpha value is -2.67. The van der Waals surface area contributed by atoms with Gasteiger partial charge in [-0.25, -0.2) is 0 Å². The van der Waals surface area contributed by atoms with E-state index in [-0.39, 0.29) is 0 Å². The fourth-order valence-corrected chi connectivity index (χ4v) is 2.65. The van der Waals surface area contributed by atoms with Gasteiger partial charge in [-0.1, -0.05) is 29.8 Å². The number of rotatable bonds is 5. The minimum Gasteiger partial charge on any atom is -0.358 e. The van der Waals surface area contributed by atoms with Crippen LogP contribution in [0.1, 0.15) is 22.4 Å². The van der Waals surface area contributed by atoms with Crippen molar-refractivity contribution in [1.82, 2.24) is 24.9 Å². The average Bonchev–Trinajstić information content (AvgIpc) is 3.15. The molecule has 0 unspecified atom stereocenters. The zero-order valence-electron chi connectivity index (χ0n) is 14.7. The van der Waals surface area contributed by atoms with Gasteiger partial charge in [0, 0.05) is 31.0 Å². The van der Waals surface area contributed by atoms with Crippen LogP contribution in [-0.4, -0.2) is 24.7 Å². The van der Waals surface area contributed by atoms with E-state index in [4.69, 9.17) is 12.2 Å². The molecule has 2 aromatic heterocycles. The Kier molecular flexibility index (Phi) is 5.14. The maximum atomic E-state index is 5.35. The van der Waals surface area contributed by atoms with Crippen LogP contribution in [0.25, 0.3) is 0 Å². The lowest BCUT2D eigenvalue weighted by Gasteiger charge is -2.08. The number of nitrogens with zero attached hydrogens (tertiary/aromatic N) is 4. The molecule has 6 nitrogen and oxygen atoms in total. The number of nitrogens with one attached hydrogen (secondary N) is 2. The van der Waals surface area contributed by atoms with E-state index >= 15 is 0 Å². The van der Waals surface area contributed by atoms with Gasteiger partial charge in [0.15, 0.2) is 5.11 Å². The first-order valence-corrected chi connectivity index (χ1v) is 8.52. The second-order valence-corrected chi connectivity index (χ2v) is 6.51. The van der Waals surface area contributed by atoms with Crippen LogP contribution in [0.15, 0.2) is 42.9 Å². The predicted molar refractivity (Wildman–Crippen MR) is 104 cm³/mol. The van der Waals surface area contributed by atoms with E-state index in [1.165, 1.54) is 11.1 Å². The molecule has 0 amide bonds. The lowest BCUT2D eigenvalue weighted by Crippen LogP contribution is -2.27. The van der Waals surface area contributed by atoms with Crippen molar-refractivity contribution in [2.75, 3.05) is 5.32 Å². The Labute approximate surface area is 152 Å². The van der Waals surface area contributed by atoms with Gasteiger partial charge >= 0.3 is 0 Å². The van der Waals surface area contributed by atoms with Crippen LogP contribution in [0.5, 0.6) is 0 Å². The molecule has 0 aliphatic carbocycles. The van der Waals surface area contributed by atoms with Crippen LogP contribution in [0.2, 0.25) is 0 Å². The summed E-state index contributed by atoms with van der Waals surface area (Å²) in [5.74, 6) is 0. The quantitative estimate of drug-likeness (QED) is 0.690. The number of hydrogen-bond donors (Lipinski definition) is 2.